The van der Waals surface area contributed by atoms with Crippen LogP contribution < -0.4 is 0 Å². The van der Waals surface area contributed by atoms with E-state index >= 15 is 0 Å². The number of tetrazole rings is 1. The summed E-state index contributed by atoms with van der Waals surface area (Å²) in [7, 11) is 0. The van der Waals surface area contributed by atoms with E-state index in [2.05, 4.69) is 32.5 Å². The van der Waals surface area contributed by atoms with Gasteiger partial charge in [-0.15, -0.1) is 10.3 Å². The van der Waals surface area contributed by atoms with Gasteiger partial charge in [0.2, 0.25) is 12.2 Å². The lowest BCUT2D eigenvalue weighted by molar-refractivity contribution is -0.178. The number of benzene rings is 2. The van der Waals surface area contributed by atoms with E-state index in [0.29, 0.717) is 25.3 Å². The average molecular weight is 637 g/mol. The highest BCUT2D eigenvalue weighted by atomic mass is 16.8. The summed E-state index contributed by atoms with van der Waals surface area (Å²) >= 11 is 0. The number of nitrogens with one attached hydrogen (secondary N) is 1. The molecule has 1 unspecified atom stereocenters. The predicted octanol–water partition coefficient (Wildman–Crippen LogP) is 5.92. The number of amides is 1. The molecule has 1 amide bonds. The summed E-state index contributed by atoms with van der Waals surface area (Å²) < 4.78 is 15.7. The molecular formula is C33H44N6O7. The van der Waals surface area contributed by atoms with Gasteiger partial charge in [-0.3, -0.25) is 4.79 Å². The van der Waals surface area contributed by atoms with E-state index in [0.717, 1.165) is 41.5 Å². The normalized spacial score (nSPS) is 12.2. The van der Waals surface area contributed by atoms with E-state index in [9.17, 15) is 14.4 Å². The minimum absolute atomic E-state index is 0.150. The molecule has 1 aromatic heterocycles. The third kappa shape index (κ3) is 11.0. The van der Waals surface area contributed by atoms with E-state index < -0.39 is 24.5 Å². The van der Waals surface area contributed by atoms with Crippen molar-refractivity contribution in [2.75, 3.05) is 13.2 Å². The van der Waals surface area contributed by atoms with Crippen LogP contribution in [0.1, 0.15) is 71.8 Å². The van der Waals surface area contributed by atoms with Crippen molar-refractivity contribution >= 4 is 24.7 Å². The molecular weight excluding hydrogens is 592 g/mol. The van der Waals surface area contributed by atoms with Gasteiger partial charge in [0.1, 0.15) is 12.6 Å². The number of nitrogens with zero attached hydrogens (tertiary/aromatic N) is 5. The topological polar surface area (TPSA) is 158 Å². The molecule has 46 heavy (non-hydrogen) atoms. The lowest BCUT2D eigenvalue weighted by Crippen LogP contribution is -2.49. The van der Waals surface area contributed by atoms with E-state index in [-0.39, 0.29) is 31.4 Å². The summed E-state index contributed by atoms with van der Waals surface area (Å²) in [6, 6.07) is 14.6. The van der Waals surface area contributed by atoms with Gasteiger partial charge < -0.3 is 23.9 Å². The van der Waals surface area contributed by atoms with Gasteiger partial charge in [-0.2, -0.15) is 0 Å². The predicted molar refractivity (Wildman–Crippen MR) is 171 cm³/mol. The van der Waals surface area contributed by atoms with Crippen molar-refractivity contribution in [1.82, 2.24) is 25.5 Å². The van der Waals surface area contributed by atoms with Crippen LogP contribution in [0.15, 0.2) is 53.7 Å². The number of hydrogen-bond acceptors (Lipinski definition) is 11. The summed E-state index contributed by atoms with van der Waals surface area (Å²) in [5.41, 5.74) is 3.57. The van der Waals surface area contributed by atoms with Crippen LogP contribution in [0, 0.1) is 5.92 Å². The minimum Gasteiger partial charge on any atom is -0.434 e. The van der Waals surface area contributed by atoms with Crippen LogP contribution in [0.5, 0.6) is 0 Å². The second-order valence-electron chi connectivity index (χ2n) is 11.1. The number of hydrogen-bond donors (Lipinski definition) is 1. The first-order valence-electron chi connectivity index (χ1n) is 15.6. The van der Waals surface area contributed by atoms with Gasteiger partial charge in [0.05, 0.1) is 6.61 Å². The van der Waals surface area contributed by atoms with Crippen LogP contribution in [0.25, 0.3) is 22.5 Å². The number of esters is 1. The van der Waals surface area contributed by atoms with E-state index in [1.54, 1.807) is 4.90 Å². The molecule has 3 rings (SSSR count). The molecule has 0 fully saturated rings. The van der Waals surface area contributed by atoms with Crippen molar-refractivity contribution < 1.29 is 33.4 Å². The number of oxime groups is 1. The molecule has 2 aromatic carbocycles. The Kier molecular flexibility index (Phi) is 14.6. The largest absolute Gasteiger partial charge is 0.511 e. The van der Waals surface area contributed by atoms with Gasteiger partial charge >= 0.3 is 12.1 Å². The third-order valence-corrected chi connectivity index (χ3v) is 7.15. The Morgan fingerprint density at radius 3 is 2.30 bits per heavy atom. The Morgan fingerprint density at radius 2 is 1.65 bits per heavy atom. The van der Waals surface area contributed by atoms with Crippen LogP contribution >= 0.6 is 0 Å². The Bertz CT molecular complexity index is 1380. The molecule has 1 N–H and O–H groups in total. The van der Waals surface area contributed by atoms with Gasteiger partial charge in [-0.05, 0) is 58.7 Å². The molecule has 1 heterocycles. The molecule has 0 saturated heterocycles. The van der Waals surface area contributed by atoms with Gasteiger partial charge in [0, 0.05) is 32.2 Å². The Labute approximate surface area is 269 Å². The molecule has 3 aromatic rings. The number of ether oxygens (including phenoxy) is 3. The highest BCUT2D eigenvalue weighted by molar-refractivity contribution is 5.85. The fourth-order valence-electron chi connectivity index (χ4n) is 4.87. The first kappa shape index (κ1) is 35.7. The molecule has 13 heteroatoms. The summed E-state index contributed by atoms with van der Waals surface area (Å²) in [5.74, 6) is -0.547. The highest BCUT2D eigenvalue weighted by Gasteiger charge is 2.35. The number of aromatic amines is 1. The van der Waals surface area contributed by atoms with Crippen LogP contribution in [-0.2, 0) is 35.2 Å². The third-order valence-electron chi connectivity index (χ3n) is 7.15. The maximum absolute atomic E-state index is 13.5. The van der Waals surface area contributed by atoms with Crippen molar-refractivity contribution in [2.24, 2.45) is 11.1 Å². The quantitative estimate of drug-likeness (QED) is 0.0550. The molecule has 0 saturated carbocycles. The molecule has 0 aliphatic carbocycles. The van der Waals surface area contributed by atoms with E-state index in [1.165, 1.54) is 6.92 Å². The number of unbranched alkanes of at least 4 members (excludes halogenated alkanes) is 3. The molecule has 0 bridgehead atoms. The van der Waals surface area contributed by atoms with E-state index in [1.807, 2.05) is 69.3 Å². The molecule has 2 atom stereocenters. The number of carbonyl (C=O) groups excluding carboxylic acids is 3. The first-order valence-corrected chi connectivity index (χ1v) is 15.6. The van der Waals surface area contributed by atoms with Crippen molar-refractivity contribution in [1.29, 1.82) is 0 Å². The van der Waals surface area contributed by atoms with Crippen molar-refractivity contribution in [3.8, 4) is 22.5 Å². The Hall–Kier alpha value is -4.81. The molecule has 248 valence electrons. The van der Waals surface area contributed by atoms with Crippen molar-refractivity contribution in [3.63, 3.8) is 0 Å². The van der Waals surface area contributed by atoms with Crippen LogP contribution in [0.3, 0.4) is 0 Å². The number of aromatic nitrogens is 4. The number of H-pyrrole nitrogens is 1. The minimum atomic E-state index is -1.21. The zero-order valence-corrected chi connectivity index (χ0v) is 27.0. The smallest absolute Gasteiger partial charge is 0.434 e. The molecule has 0 spiro atoms. The fourth-order valence-corrected chi connectivity index (χ4v) is 4.87. The monoisotopic (exact) mass is 636 g/mol. The first-order chi connectivity index (χ1) is 22.2. The number of rotatable bonds is 19. The lowest BCUT2D eigenvalue weighted by Gasteiger charge is -2.33. The van der Waals surface area contributed by atoms with Gasteiger partial charge in [-0.25, -0.2) is 14.7 Å². The molecule has 0 radical (unpaired) electrons. The van der Waals surface area contributed by atoms with Crippen LogP contribution in [-0.4, -0.2) is 75.8 Å². The van der Waals surface area contributed by atoms with Crippen LogP contribution in [0.4, 0.5) is 4.79 Å². The summed E-state index contributed by atoms with van der Waals surface area (Å²) in [4.78, 5) is 45.5. The lowest BCUT2D eigenvalue weighted by atomic mass is 9.97. The molecule has 0 aliphatic rings. The number of carbonyl (C=O) groups is 3. The second-order valence-corrected chi connectivity index (χ2v) is 11.1. The molecule has 0 aliphatic heterocycles. The van der Waals surface area contributed by atoms with Gasteiger partial charge in [0.15, 0.2) is 5.82 Å². The average Bonchev–Trinajstić information content (AvgIpc) is 3.58. The zero-order valence-electron chi connectivity index (χ0n) is 27.0. The zero-order chi connectivity index (χ0) is 33.3. The second kappa shape index (κ2) is 18.9. The fraction of sp³-hybridized carbons (Fsp3) is 0.485. The highest BCUT2D eigenvalue weighted by Crippen LogP contribution is 2.30. The molecule has 13 nitrogen and oxygen atoms in total. The summed E-state index contributed by atoms with van der Waals surface area (Å²) in [6.07, 6.45) is 1.78. The van der Waals surface area contributed by atoms with Crippen LogP contribution in [0.2, 0.25) is 0 Å². The Balaban J connectivity index is 1.68. The van der Waals surface area contributed by atoms with Crippen molar-refractivity contribution in [3.05, 3.63) is 54.1 Å². The maximum Gasteiger partial charge on any atom is 0.511 e. The standard InChI is InChI=1S/C33H44N6O7/c1-6-7-15-29(40)39(22-25-16-18-26(19-17-25)27-13-9-10-14-28(27)31-35-37-38-36-31)30(23(2)3)32(41)45-24(4)46-33(42)43-20-11-8-12-21-44-34-5/h9-10,13-14,16-19,23-24,30H,5-8,11-12,15,20-22H2,1-4H3,(H,35,36,37,38)/t24?,30-/m0/s1. The van der Waals surface area contributed by atoms with Gasteiger partial charge in [0.25, 0.3) is 0 Å². The van der Waals surface area contributed by atoms with Crippen molar-refractivity contribution in [2.45, 2.75) is 85.1 Å². The summed E-state index contributed by atoms with van der Waals surface area (Å²) in [6.45, 7) is 11.2. The SMILES string of the molecule is C=NOCCCCCOC(=O)OC(C)OC(=O)[C@H](C(C)C)N(Cc1ccc(-c2ccccc2-c2nnn[nH]2)cc1)C(=O)CCCC. The maximum atomic E-state index is 13.5. The van der Waals surface area contributed by atoms with Gasteiger partial charge in [-0.1, -0.05) is 75.7 Å². The Morgan fingerprint density at radius 1 is 0.935 bits per heavy atom. The van der Waals surface area contributed by atoms with E-state index in [4.69, 9.17) is 19.0 Å². The summed E-state index contributed by atoms with van der Waals surface area (Å²) in [5, 5.41) is 17.5.